The molecule has 0 aliphatic heterocycles. The van der Waals surface area contributed by atoms with E-state index in [1.54, 1.807) is 0 Å². The highest BCUT2D eigenvalue weighted by atomic mass is 14.0. The molecule has 0 aliphatic rings. The quantitative estimate of drug-likeness (QED) is 0.549. The fourth-order valence-electron chi connectivity index (χ4n) is 0.951. The van der Waals surface area contributed by atoms with Gasteiger partial charge in [-0.2, -0.15) is 0 Å². The van der Waals surface area contributed by atoms with Crippen LogP contribution in [0.4, 0.5) is 0 Å². The molecule has 0 heterocycles. The summed E-state index contributed by atoms with van der Waals surface area (Å²) in [7, 11) is 0. The maximum absolute atomic E-state index is 2.26. The lowest BCUT2D eigenvalue weighted by Gasteiger charge is -2.02. The van der Waals surface area contributed by atoms with Crippen LogP contribution in [0.1, 0.15) is 41.0 Å². The molecule has 0 bridgehead atoms. The summed E-state index contributed by atoms with van der Waals surface area (Å²) in [5, 5.41) is 0. The molecule has 0 atom stereocenters. The second kappa shape index (κ2) is 6.94. The third-order valence-electron chi connectivity index (χ3n) is 1.73. The fourth-order valence-corrected chi connectivity index (χ4v) is 0.951. The van der Waals surface area contributed by atoms with Gasteiger partial charge in [0.15, 0.2) is 0 Å². The van der Waals surface area contributed by atoms with Crippen LogP contribution in [0.15, 0.2) is 24.3 Å². The standard InChI is InChI=1S/C13H23/c1-11(2)7-6-8-13(5)10-9-12(3)4/h6-7,9-12H,8H2,1-5H3. The average Bonchev–Trinajstić information content (AvgIpc) is 2.00. The van der Waals surface area contributed by atoms with E-state index in [2.05, 4.69) is 58.9 Å². The molecule has 0 saturated carbocycles. The molecule has 0 unspecified atom stereocenters. The van der Waals surface area contributed by atoms with Crippen molar-refractivity contribution in [3.8, 4) is 0 Å². The molecule has 0 aliphatic carbocycles. The van der Waals surface area contributed by atoms with E-state index in [1.165, 1.54) is 5.92 Å². The Morgan fingerprint density at radius 2 is 1.54 bits per heavy atom. The number of allylic oxidation sites excluding steroid dienone is 4. The summed E-state index contributed by atoms with van der Waals surface area (Å²) in [5.41, 5.74) is 0. The van der Waals surface area contributed by atoms with Crippen molar-refractivity contribution in [2.75, 3.05) is 0 Å². The van der Waals surface area contributed by atoms with E-state index in [0.29, 0.717) is 11.8 Å². The highest BCUT2D eigenvalue weighted by Crippen LogP contribution is 2.10. The van der Waals surface area contributed by atoms with Gasteiger partial charge < -0.3 is 0 Å². The molecule has 0 aromatic heterocycles. The Balaban J connectivity index is 3.68. The lowest BCUT2D eigenvalue weighted by atomic mass is 10.0. The van der Waals surface area contributed by atoms with Gasteiger partial charge in [0.05, 0.1) is 0 Å². The van der Waals surface area contributed by atoms with Crippen LogP contribution in [0.3, 0.4) is 0 Å². The van der Waals surface area contributed by atoms with Gasteiger partial charge in [0.2, 0.25) is 0 Å². The van der Waals surface area contributed by atoms with Crippen molar-refractivity contribution in [1.82, 2.24) is 0 Å². The van der Waals surface area contributed by atoms with Crippen molar-refractivity contribution in [3.05, 3.63) is 30.2 Å². The van der Waals surface area contributed by atoms with E-state index < -0.39 is 0 Å². The van der Waals surface area contributed by atoms with Gasteiger partial charge >= 0.3 is 0 Å². The average molecular weight is 179 g/mol. The first-order chi connectivity index (χ1) is 6.02. The van der Waals surface area contributed by atoms with Crippen molar-refractivity contribution >= 4 is 0 Å². The highest BCUT2D eigenvalue weighted by Gasteiger charge is 1.94. The Morgan fingerprint density at radius 3 is 2.00 bits per heavy atom. The molecule has 0 spiro atoms. The van der Waals surface area contributed by atoms with E-state index in [0.717, 1.165) is 6.42 Å². The number of rotatable bonds is 5. The van der Waals surface area contributed by atoms with Gasteiger partial charge in [0, 0.05) is 0 Å². The molecule has 13 heavy (non-hydrogen) atoms. The summed E-state index contributed by atoms with van der Waals surface area (Å²) < 4.78 is 0. The Bertz CT molecular complexity index is 161. The molecule has 0 aromatic rings. The largest absolute Gasteiger partial charge is 0.0874 e. The molecule has 0 saturated heterocycles. The van der Waals surface area contributed by atoms with Crippen LogP contribution in [-0.4, -0.2) is 0 Å². The third-order valence-corrected chi connectivity index (χ3v) is 1.73. The Morgan fingerprint density at radius 1 is 1.00 bits per heavy atom. The molecule has 0 amide bonds. The molecule has 0 N–H and O–H groups in total. The maximum atomic E-state index is 2.26. The van der Waals surface area contributed by atoms with Crippen LogP contribution >= 0.6 is 0 Å². The van der Waals surface area contributed by atoms with Crippen LogP contribution in [0, 0.1) is 17.8 Å². The lowest BCUT2D eigenvalue weighted by molar-refractivity contribution is 0.818. The Labute approximate surface area is 83.7 Å². The van der Waals surface area contributed by atoms with E-state index in [4.69, 9.17) is 0 Å². The van der Waals surface area contributed by atoms with E-state index in [9.17, 15) is 0 Å². The summed E-state index contributed by atoms with van der Waals surface area (Å²) in [6.07, 6.45) is 10.1. The molecular formula is C13H23. The van der Waals surface area contributed by atoms with Crippen LogP contribution in [0.25, 0.3) is 0 Å². The summed E-state index contributed by atoms with van der Waals surface area (Å²) >= 11 is 0. The zero-order valence-corrected chi connectivity index (χ0v) is 9.67. The van der Waals surface area contributed by atoms with E-state index in [1.807, 2.05) is 0 Å². The van der Waals surface area contributed by atoms with Crippen LogP contribution < -0.4 is 0 Å². The molecule has 0 heteroatoms. The SMILES string of the molecule is C[C](C=CC(C)C)CC=CC(C)C. The first-order valence-electron chi connectivity index (χ1n) is 5.19. The molecule has 0 nitrogen and oxygen atoms in total. The predicted molar refractivity (Wildman–Crippen MR) is 61.5 cm³/mol. The summed E-state index contributed by atoms with van der Waals surface area (Å²) in [6.45, 7) is 11.0. The smallest absolute Gasteiger partial charge is 0.00208 e. The van der Waals surface area contributed by atoms with Crippen LogP contribution in [0.2, 0.25) is 0 Å². The molecule has 0 rings (SSSR count). The van der Waals surface area contributed by atoms with Crippen LogP contribution in [-0.2, 0) is 0 Å². The monoisotopic (exact) mass is 179 g/mol. The van der Waals surface area contributed by atoms with E-state index in [-0.39, 0.29) is 0 Å². The van der Waals surface area contributed by atoms with Crippen molar-refractivity contribution in [3.63, 3.8) is 0 Å². The normalized spacial score (nSPS) is 13.2. The van der Waals surface area contributed by atoms with Gasteiger partial charge in [0.25, 0.3) is 0 Å². The predicted octanol–water partition coefficient (Wildman–Crippen LogP) is 4.40. The van der Waals surface area contributed by atoms with Gasteiger partial charge in [-0.15, -0.1) is 0 Å². The van der Waals surface area contributed by atoms with Crippen molar-refractivity contribution in [2.45, 2.75) is 41.0 Å². The minimum Gasteiger partial charge on any atom is -0.0874 e. The lowest BCUT2D eigenvalue weighted by Crippen LogP contribution is -1.86. The first kappa shape index (κ1) is 12.5. The molecular weight excluding hydrogens is 156 g/mol. The third kappa shape index (κ3) is 9.39. The topological polar surface area (TPSA) is 0 Å². The second-order valence-corrected chi connectivity index (χ2v) is 4.33. The van der Waals surface area contributed by atoms with Gasteiger partial charge in [-0.1, -0.05) is 58.9 Å². The minimum atomic E-state index is 0.657. The van der Waals surface area contributed by atoms with Crippen molar-refractivity contribution in [1.29, 1.82) is 0 Å². The summed E-state index contributed by atoms with van der Waals surface area (Å²) in [5.74, 6) is 2.76. The van der Waals surface area contributed by atoms with Gasteiger partial charge in [0.1, 0.15) is 0 Å². The molecule has 75 valence electrons. The van der Waals surface area contributed by atoms with Gasteiger partial charge in [-0.25, -0.2) is 0 Å². The molecule has 0 fully saturated rings. The summed E-state index contributed by atoms with van der Waals surface area (Å²) in [4.78, 5) is 0. The van der Waals surface area contributed by atoms with Crippen molar-refractivity contribution < 1.29 is 0 Å². The van der Waals surface area contributed by atoms with Gasteiger partial charge in [-0.05, 0) is 24.2 Å². The fraction of sp³-hybridized carbons (Fsp3) is 0.615. The Kier molecular flexibility index (Phi) is 6.66. The first-order valence-corrected chi connectivity index (χ1v) is 5.19. The zero-order chi connectivity index (χ0) is 10.3. The Hall–Kier alpha value is -0.520. The van der Waals surface area contributed by atoms with Crippen molar-refractivity contribution in [2.24, 2.45) is 11.8 Å². The number of hydrogen-bond donors (Lipinski definition) is 0. The maximum Gasteiger partial charge on any atom is -0.00208 e. The van der Waals surface area contributed by atoms with Gasteiger partial charge in [-0.3, -0.25) is 0 Å². The number of hydrogen-bond acceptors (Lipinski definition) is 0. The van der Waals surface area contributed by atoms with E-state index >= 15 is 0 Å². The minimum absolute atomic E-state index is 0.657. The second-order valence-electron chi connectivity index (χ2n) is 4.33. The zero-order valence-electron chi connectivity index (χ0n) is 9.67. The molecule has 1 radical (unpaired) electrons. The molecule has 0 aromatic carbocycles. The van der Waals surface area contributed by atoms with Crippen LogP contribution in [0.5, 0.6) is 0 Å². The summed E-state index contributed by atoms with van der Waals surface area (Å²) in [6, 6.07) is 0. The highest BCUT2D eigenvalue weighted by molar-refractivity contribution is 5.11.